The van der Waals surface area contributed by atoms with Gasteiger partial charge < -0.3 is 29.5 Å². The molecule has 0 aliphatic carbocycles. The number of urea groups is 1. The first-order chi connectivity index (χ1) is 19.0. The molecule has 9 heteroatoms. The summed E-state index contributed by atoms with van der Waals surface area (Å²) in [6, 6.07) is 22.5. The number of amides is 2. The Morgan fingerprint density at radius 3 is 2.33 bits per heavy atom. The maximum Gasteiger partial charge on any atom is 0.333 e. The summed E-state index contributed by atoms with van der Waals surface area (Å²) in [5, 5.41) is 11.9. The van der Waals surface area contributed by atoms with Crippen LogP contribution in [0.1, 0.15) is 24.5 Å². The van der Waals surface area contributed by atoms with Crippen molar-refractivity contribution in [3.63, 3.8) is 0 Å². The molecule has 3 aromatic rings. The number of halogens is 1. The second kappa shape index (κ2) is 16.1. The van der Waals surface area contributed by atoms with Crippen molar-refractivity contribution in [2.45, 2.75) is 32.5 Å². The monoisotopic (exact) mass is 538 g/mol. The van der Waals surface area contributed by atoms with Crippen molar-refractivity contribution in [1.82, 2.24) is 4.90 Å². The van der Waals surface area contributed by atoms with Crippen LogP contribution in [-0.4, -0.2) is 61.0 Å². The number of benzene rings is 3. The molecular formula is C30H35FN2O6. The number of hydrogen-bond donors (Lipinski definition) is 2. The smallest absolute Gasteiger partial charge is 0.333 e. The molecule has 2 amide bonds. The van der Waals surface area contributed by atoms with Gasteiger partial charge in [-0.1, -0.05) is 54.6 Å². The second-order valence-electron chi connectivity index (χ2n) is 8.77. The van der Waals surface area contributed by atoms with Crippen LogP contribution >= 0.6 is 0 Å². The fourth-order valence-electron chi connectivity index (χ4n) is 3.82. The first-order valence-electron chi connectivity index (χ1n) is 12.9. The predicted octanol–water partition coefficient (Wildman–Crippen LogP) is 5.38. The zero-order valence-electron chi connectivity index (χ0n) is 22.1. The lowest BCUT2D eigenvalue weighted by molar-refractivity contribution is -0.149. The van der Waals surface area contributed by atoms with Crippen molar-refractivity contribution in [3.05, 3.63) is 95.8 Å². The molecule has 208 valence electrons. The topological polar surface area (TPSA) is 97.3 Å². The van der Waals surface area contributed by atoms with Gasteiger partial charge in [0.15, 0.2) is 6.10 Å². The van der Waals surface area contributed by atoms with Crippen LogP contribution in [0, 0.1) is 5.82 Å². The van der Waals surface area contributed by atoms with Gasteiger partial charge in [0.25, 0.3) is 0 Å². The molecule has 0 fully saturated rings. The van der Waals surface area contributed by atoms with E-state index in [-0.39, 0.29) is 25.3 Å². The van der Waals surface area contributed by atoms with Crippen LogP contribution < -0.4 is 10.1 Å². The minimum Gasteiger partial charge on any atom is -0.492 e. The molecule has 1 atom stereocenters. The summed E-state index contributed by atoms with van der Waals surface area (Å²) in [6.45, 7) is 3.89. The van der Waals surface area contributed by atoms with Crippen LogP contribution in [0.15, 0.2) is 78.9 Å². The quantitative estimate of drug-likeness (QED) is 0.238. The zero-order valence-corrected chi connectivity index (χ0v) is 22.1. The largest absolute Gasteiger partial charge is 0.492 e. The average molecular weight is 539 g/mol. The van der Waals surface area contributed by atoms with Gasteiger partial charge in [0, 0.05) is 26.2 Å². The number of carboxylic acids is 1. The molecule has 3 rings (SSSR count). The Hall–Kier alpha value is -3.95. The van der Waals surface area contributed by atoms with Gasteiger partial charge in [-0.3, -0.25) is 0 Å². The van der Waals surface area contributed by atoms with Gasteiger partial charge in [0.05, 0.1) is 18.8 Å². The van der Waals surface area contributed by atoms with Crippen molar-refractivity contribution < 1.29 is 33.3 Å². The van der Waals surface area contributed by atoms with E-state index in [2.05, 4.69) is 5.32 Å². The average Bonchev–Trinajstić information content (AvgIpc) is 2.94. The SMILES string of the molecule is CCOC(Cc1ccc(OCCN(CCCOCc2ccccc2)C(=O)Nc2ccccc2F)cc1)C(=O)O. The van der Waals surface area contributed by atoms with E-state index in [4.69, 9.17) is 14.2 Å². The van der Waals surface area contributed by atoms with Gasteiger partial charge >= 0.3 is 12.0 Å². The van der Waals surface area contributed by atoms with E-state index in [0.29, 0.717) is 38.5 Å². The van der Waals surface area contributed by atoms with Gasteiger partial charge in [0.2, 0.25) is 0 Å². The highest BCUT2D eigenvalue weighted by Gasteiger charge is 2.18. The molecule has 0 radical (unpaired) electrons. The normalized spacial score (nSPS) is 11.5. The van der Waals surface area contributed by atoms with E-state index in [1.165, 1.54) is 12.1 Å². The standard InChI is InChI=1S/C30H35FN2O6/c1-2-38-28(29(34)35)21-23-13-15-25(16-14-23)39-20-18-33(30(36)32-27-12-7-6-11-26(27)31)17-8-19-37-22-24-9-4-3-5-10-24/h3-7,9-16,28H,2,8,17-22H2,1H3,(H,32,36)(H,34,35). The molecule has 0 saturated carbocycles. The Kier molecular flexibility index (Phi) is 12.2. The highest BCUT2D eigenvalue weighted by Crippen LogP contribution is 2.16. The molecule has 3 aromatic carbocycles. The number of nitrogens with one attached hydrogen (secondary N) is 1. The molecule has 1 unspecified atom stereocenters. The van der Waals surface area contributed by atoms with E-state index < -0.39 is 23.9 Å². The lowest BCUT2D eigenvalue weighted by atomic mass is 10.1. The number of aliphatic carboxylic acids is 1. The first kappa shape index (κ1) is 29.6. The Morgan fingerprint density at radius 2 is 1.64 bits per heavy atom. The maximum atomic E-state index is 14.1. The second-order valence-corrected chi connectivity index (χ2v) is 8.77. The van der Waals surface area contributed by atoms with E-state index in [1.807, 2.05) is 30.3 Å². The number of ether oxygens (including phenoxy) is 3. The molecule has 0 spiro atoms. The summed E-state index contributed by atoms with van der Waals surface area (Å²) in [4.78, 5) is 25.8. The zero-order chi connectivity index (χ0) is 27.9. The summed E-state index contributed by atoms with van der Waals surface area (Å²) in [5.74, 6) is -0.929. The fraction of sp³-hybridized carbons (Fsp3) is 0.333. The molecule has 8 nitrogen and oxygen atoms in total. The number of hydrogen-bond acceptors (Lipinski definition) is 5. The molecule has 0 heterocycles. The van der Waals surface area contributed by atoms with Crippen molar-refractivity contribution in [3.8, 4) is 5.75 Å². The maximum absolute atomic E-state index is 14.1. The number of para-hydroxylation sites is 1. The molecule has 0 saturated heterocycles. The molecule has 0 aromatic heterocycles. The van der Waals surface area contributed by atoms with Crippen LogP contribution in [0.2, 0.25) is 0 Å². The Labute approximate surface area is 228 Å². The van der Waals surface area contributed by atoms with Gasteiger partial charge in [-0.2, -0.15) is 0 Å². The Bertz CT molecular complexity index is 1160. The number of carbonyl (C=O) groups is 2. The Morgan fingerprint density at radius 1 is 0.923 bits per heavy atom. The number of carbonyl (C=O) groups excluding carboxylic acids is 1. The number of carboxylic acid groups (broad SMARTS) is 1. The van der Waals surface area contributed by atoms with Crippen molar-refractivity contribution in [1.29, 1.82) is 0 Å². The highest BCUT2D eigenvalue weighted by atomic mass is 19.1. The fourth-order valence-corrected chi connectivity index (χ4v) is 3.82. The van der Waals surface area contributed by atoms with Crippen molar-refractivity contribution in [2.75, 3.05) is 38.2 Å². The minimum atomic E-state index is -1.00. The van der Waals surface area contributed by atoms with Crippen LogP contribution in [-0.2, 0) is 27.3 Å². The molecule has 0 bridgehead atoms. The van der Waals surface area contributed by atoms with Crippen LogP contribution in [0.25, 0.3) is 0 Å². The summed E-state index contributed by atoms with van der Waals surface area (Å²) in [6.07, 6.45) is -0.0590. The van der Waals surface area contributed by atoms with Crippen LogP contribution in [0.3, 0.4) is 0 Å². The highest BCUT2D eigenvalue weighted by molar-refractivity contribution is 5.89. The van der Waals surface area contributed by atoms with Crippen molar-refractivity contribution >= 4 is 17.7 Å². The van der Waals surface area contributed by atoms with Gasteiger partial charge in [-0.15, -0.1) is 0 Å². The number of rotatable bonds is 16. The van der Waals surface area contributed by atoms with E-state index in [1.54, 1.807) is 48.2 Å². The lowest BCUT2D eigenvalue weighted by Crippen LogP contribution is -2.39. The van der Waals surface area contributed by atoms with E-state index >= 15 is 0 Å². The van der Waals surface area contributed by atoms with Gasteiger partial charge in [0.1, 0.15) is 18.2 Å². The molecule has 39 heavy (non-hydrogen) atoms. The number of nitrogens with zero attached hydrogens (tertiary/aromatic N) is 1. The molecule has 0 aliphatic rings. The number of anilines is 1. The summed E-state index contributed by atoms with van der Waals surface area (Å²) >= 11 is 0. The predicted molar refractivity (Wildman–Crippen MR) is 146 cm³/mol. The summed E-state index contributed by atoms with van der Waals surface area (Å²) in [5.41, 5.74) is 1.99. The molecule has 0 aliphatic heterocycles. The first-order valence-corrected chi connectivity index (χ1v) is 12.9. The summed E-state index contributed by atoms with van der Waals surface area (Å²) < 4.78 is 30.9. The summed E-state index contributed by atoms with van der Waals surface area (Å²) in [7, 11) is 0. The van der Waals surface area contributed by atoms with Gasteiger partial charge in [-0.25, -0.2) is 14.0 Å². The third kappa shape index (κ3) is 10.4. The Balaban J connectivity index is 1.51. The van der Waals surface area contributed by atoms with Crippen LogP contribution in [0.4, 0.5) is 14.9 Å². The molecule has 2 N–H and O–H groups in total. The van der Waals surface area contributed by atoms with Crippen LogP contribution in [0.5, 0.6) is 5.75 Å². The third-order valence-corrected chi connectivity index (χ3v) is 5.85. The van der Waals surface area contributed by atoms with E-state index in [0.717, 1.165) is 11.1 Å². The third-order valence-electron chi connectivity index (χ3n) is 5.85. The van der Waals surface area contributed by atoms with Gasteiger partial charge in [-0.05, 0) is 48.7 Å². The van der Waals surface area contributed by atoms with Crippen molar-refractivity contribution in [2.24, 2.45) is 0 Å². The van der Waals surface area contributed by atoms with E-state index in [9.17, 15) is 19.1 Å². The minimum absolute atomic E-state index is 0.107. The molecular weight excluding hydrogens is 503 g/mol. The lowest BCUT2D eigenvalue weighted by Gasteiger charge is -2.23.